The summed E-state index contributed by atoms with van der Waals surface area (Å²) in [6.45, 7) is 4.12. The van der Waals surface area contributed by atoms with Crippen molar-refractivity contribution in [3.8, 4) is 5.75 Å². The molecule has 0 unspecified atom stereocenters. The molecule has 0 radical (unpaired) electrons. The lowest BCUT2D eigenvalue weighted by atomic mass is 9.71. The van der Waals surface area contributed by atoms with Gasteiger partial charge in [-0.3, -0.25) is 4.79 Å². The molecule has 1 aliphatic carbocycles. The molecule has 0 fully saturated rings. The Hall–Kier alpha value is -2.80. The number of anilines is 1. The number of hydrogen-bond acceptors (Lipinski definition) is 6. The lowest BCUT2D eigenvalue weighted by molar-refractivity contribution is -0.125. The third-order valence-corrected chi connectivity index (χ3v) is 6.27. The quantitative estimate of drug-likeness (QED) is 0.615. The van der Waals surface area contributed by atoms with Crippen molar-refractivity contribution < 1.29 is 9.90 Å². The Morgan fingerprint density at radius 1 is 1.24 bits per heavy atom. The number of hydrogen-bond donors (Lipinski definition) is 2. The van der Waals surface area contributed by atoms with E-state index < -0.39 is 12.0 Å². The molecule has 0 bridgehead atoms. The molecule has 148 valence electrons. The number of fused-ring (bicyclic) bond motifs is 3. The van der Waals surface area contributed by atoms with Crippen molar-refractivity contribution in [2.24, 2.45) is 11.3 Å². The van der Waals surface area contributed by atoms with Crippen LogP contribution in [0.2, 0.25) is 0 Å². The molecule has 2 atom stereocenters. The van der Waals surface area contributed by atoms with Crippen LogP contribution in [0.3, 0.4) is 0 Å². The smallest absolute Gasteiger partial charge is 0.227 e. The van der Waals surface area contributed by atoms with E-state index in [0.717, 1.165) is 16.5 Å². The molecule has 0 amide bonds. The monoisotopic (exact) mass is 406 g/mol. The minimum absolute atomic E-state index is 0.143. The number of aromatic hydroxyl groups is 1. The van der Waals surface area contributed by atoms with Crippen molar-refractivity contribution in [1.29, 1.82) is 0 Å². The molecule has 7 heteroatoms. The van der Waals surface area contributed by atoms with Crippen molar-refractivity contribution in [3.05, 3.63) is 53.7 Å². The van der Waals surface area contributed by atoms with Gasteiger partial charge in [0, 0.05) is 17.7 Å². The second kappa shape index (κ2) is 6.35. The Morgan fingerprint density at radius 3 is 2.83 bits per heavy atom. The van der Waals surface area contributed by atoms with Crippen LogP contribution in [0.1, 0.15) is 31.9 Å². The first-order chi connectivity index (χ1) is 13.9. The molecule has 0 saturated heterocycles. The lowest BCUT2D eigenvalue weighted by Crippen LogP contribution is -2.42. The molecule has 5 rings (SSSR count). The molecule has 2 aromatic carbocycles. The van der Waals surface area contributed by atoms with E-state index in [1.54, 1.807) is 10.7 Å². The number of carbonyl (C=O) groups excluding carboxylic acids is 1. The van der Waals surface area contributed by atoms with Crippen LogP contribution in [0.25, 0.3) is 10.8 Å². The zero-order chi connectivity index (χ0) is 20.3. The predicted molar refractivity (Wildman–Crippen MR) is 114 cm³/mol. The van der Waals surface area contributed by atoms with Crippen molar-refractivity contribution in [2.45, 2.75) is 31.5 Å². The Balaban J connectivity index is 1.82. The minimum Gasteiger partial charge on any atom is -0.508 e. The van der Waals surface area contributed by atoms with Gasteiger partial charge in [0.25, 0.3) is 0 Å². The van der Waals surface area contributed by atoms with Crippen LogP contribution in [-0.2, 0) is 4.79 Å². The molecule has 6 nitrogen and oxygen atoms in total. The number of Topliss-reactive ketones (excluding diaryl/α,β-unsaturated/α-hetero) is 1. The number of carbonyl (C=O) groups is 1. The molecule has 29 heavy (non-hydrogen) atoms. The SMILES string of the molecule is CSc1nc2n(n1)[C@H](c1c(O)ccc3ccccc13)[C@@H]1C(=O)CC(C)(C)C=C1N2. The third-order valence-electron chi connectivity index (χ3n) is 5.73. The van der Waals surface area contributed by atoms with Gasteiger partial charge in [0.2, 0.25) is 11.1 Å². The highest BCUT2D eigenvalue weighted by Gasteiger charge is 2.46. The van der Waals surface area contributed by atoms with Gasteiger partial charge in [0.05, 0.1) is 5.92 Å². The highest BCUT2D eigenvalue weighted by atomic mass is 32.2. The summed E-state index contributed by atoms with van der Waals surface area (Å²) >= 11 is 1.45. The summed E-state index contributed by atoms with van der Waals surface area (Å²) < 4.78 is 1.77. The van der Waals surface area contributed by atoms with Crippen LogP contribution in [0.15, 0.2) is 53.3 Å². The number of nitrogens with zero attached hydrogens (tertiary/aromatic N) is 3. The van der Waals surface area contributed by atoms with E-state index in [4.69, 9.17) is 0 Å². The van der Waals surface area contributed by atoms with Crippen LogP contribution < -0.4 is 5.32 Å². The fraction of sp³-hybridized carbons (Fsp3) is 0.318. The standard InChI is InChI=1S/C22H22N4O2S/c1-22(2)10-14-18(16(28)11-22)19(26-20(23-14)24-21(25-26)29-3)17-13-7-5-4-6-12(13)8-9-15(17)27/h4-10,18-19,27H,11H2,1-3H3,(H,23,24,25)/t18-,19+/m0/s1. The molecule has 1 aromatic heterocycles. The van der Waals surface area contributed by atoms with Crippen LogP contribution in [0.5, 0.6) is 5.75 Å². The van der Waals surface area contributed by atoms with Gasteiger partial charge in [-0.1, -0.05) is 62.0 Å². The van der Waals surface area contributed by atoms with E-state index in [1.165, 1.54) is 11.8 Å². The van der Waals surface area contributed by atoms with E-state index in [9.17, 15) is 9.90 Å². The van der Waals surface area contributed by atoms with Gasteiger partial charge in [-0.15, -0.1) is 5.10 Å². The molecule has 0 spiro atoms. The van der Waals surface area contributed by atoms with E-state index in [1.807, 2.05) is 36.6 Å². The number of rotatable bonds is 2. The second-order valence-electron chi connectivity index (χ2n) is 8.37. The Morgan fingerprint density at radius 2 is 2.03 bits per heavy atom. The Labute approximate surface area is 173 Å². The van der Waals surface area contributed by atoms with E-state index in [-0.39, 0.29) is 16.9 Å². The average Bonchev–Trinajstić information content (AvgIpc) is 3.08. The normalized spacial score (nSPS) is 22.6. The van der Waals surface area contributed by atoms with Crippen LogP contribution in [-0.4, -0.2) is 31.9 Å². The number of nitrogens with one attached hydrogen (secondary N) is 1. The molecule has 2 N–H and O–H groups in total. The topological polar surface area (TPSA) is 80.0 Å². The minimum atomic E-state index is -0.458. The molecule has 0 saturated carbocycles. The highest BCUT2D eigenvalue weighted by molar-refractivity contribution is 7.98. The van der Waals surface area contributed by atoms with Gasteiger partial charge in [0.1, 0.15) is 17.6 Å². The number of phenolic OH excluding ortho intramolecular Hbond substituents is 1. The second-order valence-corrected chi connectivity index (χ2v) is 9.14. The maximum atomic E-state index is 13.3. The lowest BCUT2D eigenvalue weighted by Gasteiger charge is -2.40. The summed E-state index contributed by atoms with van der Waals surface area (Å²) in [7, 11) is 0. The summed E-state index contributed by atoms with van der Waals surface area (Å²) in [5.41, 5.74) is 1.33. The van der Waals surface area contributed by atoms with Crippen molar-refractivity contribution in [3.63, 3.8) is 0 Å². The molecule has 3 aromatic rings. The summed E-state index contributed by atoms with van der Waals surface area (Å²) in [5, 5.41) is 21.5. The molecule has 2 heterocycles. The zero-order valence-corrected chi connectivity index (χ0v) is 17.3. The van der Waals surface area contributed by atoms with Crippen molar-refractivity contribution in [1.82, 2.24) is 14.8 Å². The Kier molecular flexibility index (Phi) is 4.00. The molecular weight excluding hydrogens is 384 g/mol. The van der Waals surface area contributed by atoms with Gasteiger partial charge in [-0.05, 0) is 28.5 Å². The number of thioether (sulfide) groups is 1. The van der Waals surface area contributed by atoms with E-state index >= 15 is 0 Å². The zero-order valence-electron chi connectivity index (χ0n) is 16.5. The summed E-state index contributed by atoms with van der Waals surface area (Å²) in [6, 6.07) is 11.1. The maximum Gasteiger partial charge on any atom is 0.227 e. The first-order valence-corrected chi connectivity index (χ1v) is 10.8. The Bertz CT molecular complexity index is 1180. The van der Waals surface area contributed by atoms with Crippen LogP contribution in [0, 0.1) is 11.3 Å². The van der Waals surface area contributed by atoms with E-state index in [0.29, 0.717) is 23.1 Å². The predicted octanol–water partition coefficient (Wildman–Crippen LogP) is 4.37. The van der Waals surface area contributed by atoms with Gasteiger partial charge >= 0.3 is 0 Å². The number of aromatic nitrogens is 3. The van der Waals surface area contributed by atoms with Crippen LogP contribution in [0.4, 0.5) is 5.95 Å². The first-order valence-electron chi connectivity index (χ1n) is 9.61. The highest BCUT2D eigenvalue weighted by Crippen LogP contribution is 2.48. The summed E-state index contributed by atoms with van der Waals surface area (Å²) in [6.07, 6.45) is 4.50. The third kappa shape index (κ3) is 2.83. The van der Waals surface area contributed by atoms with Gasteiger partial charge in [-0.25, -0.2) is 4.68 Å². The number of benzene rings is 2. The van der Waals surface area contributed by atoms with Crippen LogP contribution >= 0.6 is 11.8 Å². The number of allylic oxidation sites excluding steroid dienone is 2. The molecular formula is C22H22N4O2S. The maximum absolute atomic E-state index is 13.3. The number of phenols is 1. The van der Waals surface area contributed by atoms with E-state index in [2.05, 4.69) is 35.3 Å². The molecule has 1 aliphatic heterocycles. The fourth-order valence-electron chi connectivity index (χ4n) is 4.58. The molecule has 2 aliphatic rings. The van der Waals surface area contributed by atoms with Gasteiger partial charge < -0.3 is 10.4 Å². The summed E-state index contributed by atoms with van der Waals surface area (Å²) in [5.74, 6) is 0.465. The van der Waals surface area contributed by atoms with Gasteiger partial charge in [0.15, 0.2) is 0 Å². The first kappa shape index (κ1) is 18.2. The largest absolute Gasteiger partial charge is 0.508 e. The average molecular weight is 407 g/mol. The van der Waals surface area contributed by atoms with Crippen molar-refractivity contribution >= 4 is 34.3 Å². The number of ketones is 1. The fourth-order valence-corrected chi connectivity index (χ4v) is 4.93. The van der Waals surface area contributed by atoms with Crippen molar-refractivity contribution in [2.75, 3.05) is 11.6 Å². The summed E-state index contributed by atoms with van der Waals surface area (Å²) in [4.78, 5) is 17.9. The van der Waals surface area contributed by atoms with Gasteiger partial charge in [-0.2, -0.15) is 4.98 Å².